The topological polar surface area (TPSA) is 30.5 Å². The summed E-state index contributed by atoms with van der Waals surface area (Å²) in [6.45, 7) is 7.53. The molecule has 1 heterocycles. The number of hydrogen-bond acceptors (Lipinski definition) is 3. The molecule has 1 saturated heterocycles. The molecule has 1 unspecified atom stereocenters. The van der Waals surface area contributed by atoms with E-state index in [0.717, 1.165) is 19.7 Å². The molecule has 0 bridgehead atoms. The van der Waals surface area contributed by atoms with E-state index in [-0.39, 0.29) is 6.10 Å². The van der Waals surface area contributed by atoms with Gasteiger partial charge in [-0.25, -0.2) is 0 Å². The van der Waals surface area contributed by atoms with Gasteiger partial charge in [0, 0.05) is 19.7 Å². The highest BCUT2D eigenvalue weighted by atomic mass is 16.5. The van der Waals surface area contributed by atoms with E-state index in [4.69, 9.17) is 9.47 Å². The molecule has 1 fully saturated rings. The highest BCUT2D eigenvalue weighted by Crippen LogP contribution is 2.03. The van der Waals surface area contributed by atoms with Crippen molar-refractivity contribution in [3.8, 4) is 0 Å². The molecule has 0 aromatic rings. The molecule has 1 aliphatic heterocycles. The van der Waals surface area contributed by atoms with Crippen molar-refractivity contribution in [2.45, 2.75) is 26.1 Å². The molecule has 3 heteroatoms. The zero-order valence-electron chi connectivity index (χ0n) is 7.30. The predicted molar refractivity (Wildman–Crippen MR) is 43.7 cm³/mol. The number of rotatable bonds is 5. The molecule has 0 spiro atoms. The van der Waals surface area contributed by atoms with Crippen LogP contribution >= 0.6 is 0 Å². The Hall–Kier alpha value is -0.120. The minimum Gasteiger partial charge on any atom is -0.379 e. The average molecular weight is 159 g/mol. The zero-order valence-corrected chi connectivity index (χ0v) is 7.30. The van der Waals surface area contributed by atoms with E-state index in [1.165, 1.54) is 0 Å². The second kappa shape index (κ2) is 4.70. The van der Waals surface area contributed by atoms with E-state index in [1.807, 2.05) is 13.8 Å². The number of hydrogen-bond donors (Lipinski definition) is 1. The summed E-state index contributed by atoms with van der Waals surface area (Å²) in [5, 5.41) is 3.16. The van der Waals surface area contributed by atoms with E-state index >= 15 is 0 Å². The summed E-state index contributed by atoms with van der Waals surface area (Å²) in [6.07, 6.45) is 0.660. The van der Waals surface area contributed by atoms with Crippen molar-refractivity contribution in [1.82, 2.24) is 5.32 Å². The minimum absolute atomic E-state index is 0.238. The van der Waals surface area contributed by atoms with Crippen LogP contribution in [0.4, 0.5) is 0 Å². The van der Waals surface area contributed by atoms with Crippen molar-refractivity contribution in [2.24, 2.45) is 0 Å². The van der Waals surface area contributed by atoms with Gasteiger partial charge in [0.1, 0.15) is 0 Å². The van der Waals surface area contributed by atoms with E-state index < -0.39 is 0 Å². The van der Waals surface area contributed by atoms with E-state index in [0.29, 0.717) is 12.7 Å². The van der Waals surface area contributed by atoms with Gasteiger partial charge < -0.3 is 14.8 Å². The van der Waals surface area contributed by atoms with Gasteiger partial charge in [-0.05, 0) is 13.8 Å². The average Bonchev–Trinajstić information content (AvgIpc) is 1.93. The maximum Gasteiger partial charge on any atom is 0.0828 e. The van der Waals surface area contributed by atoms with Gasteiger partial charge in [0.2, 0.25) is 0 Å². The normalized spacial score (nSPS) is 21.3. The summed E-state index contributed by atoms with van der Waals surface area (Å²) in [4.78, 5) is 0. The van der Waals surface area contributed by atoms with Crippen LogP contribution in [0.3, 0.4) is 0 Å². The summed E-state index contributed by atoms with van der Waals surface area (Å²) >= 11 is 0. The Labute approximate surface area is 68.1 Å². The van der Waals surface area contributed by atoms with Gasteiger partial charge in [-0.15, -0.1) is 0 Å². The Morgan fingerprint density at radius 1 is 1.55 bits per heavy atom. The Morgan fingerprint density at radius 3 is 2.73 bits per heavy atom. The molecule has 0 amide bonds. The molecule has 0 radical (unpaired) electrons. The maximum absolute atomic E-state index is 5.60. The molecule has 0 aliphatic carbocycles. The Kier molecular flexibility index (Phi) is 3.83. The first-order valence-electron chi connectivity index (χ1n) is 4.27. The smallest absolute Gasteiger partial charge is 0.0828 e. The Balaban J connectivity index is 1.95. The highest BCUT2D eigenvalue weighted by Gasteiger charge is 2.19. The van der Waals surface area contributed by atoms with Gasteiger partial charge >= 0.3 is 0 Å². The molecule has 0 aromatic heterocycles. The largest absolute Gasteiger partial charge is 0.379 e. The summed E-state index contributed by atoms with van der Waals surface area (Å²) < 4.78 is 10.8. The third-order valence-corrected chi connectivity index (χ3v) is 1.73. The lowest BCUT2D eigenvalue weighted by molar-refractivity contribution is -0.0638. The van der Waals surface area contributed by atoms with Crippen LogP contribution in [0.2, 0.25) is 0 Å². The number of nitrogens with one attached hydrogen (secondary N) is 1. The zero-order chi connectivity index (χ0) is 8.10. The fraction of sp³-hybridized carbons (Fsp3) is 1.00. The van der Waals surface area contributed by atoms with Gasteiger partial charge in [0.05, 0.1) is 18.8 Å². The molecule has 1 aliphatic rings. The standard InChI is InChI=1S/C8H17NO2/c1-3-10-6-7(2)11-8-4-9-5-8/h7-9H,3-6H2,1-2H3. The molecule has 1 atom stereocenters. The third kappa shape index (κ3) is 3.18. The molecule has 66 valence electrons. The summed E-state index contributed by atoms with van der Waals surface area (Å²) in [7, 11) is 0. The second-order valence-corrected chi connectivity index (χ2v) is 2.89. The van der Waals surface area contributed by atoms with Crippen LogP contribution in [0.15, 0.2) is 0 Å². The lowest BCUT2D eigenvalue weighted by Gasteiger charge is -2.29. The molecule has 11 heavy (non-hydrogen) atoms. The van der Waals surface area contributed by atoms with Crippen molar-refractivity contribution in [2.75, 3.05) is 26.3 Å². The van der Waals surface area contributed by atoms with Crippen LogP contribution in [0.5, 0.6) is 0 Å². The van der Waals surface area contributed by atoms with Crippen molar-refractivity contribution >= 4 is 0 Å². The maximum atomic E-state index is 5.60. The first-order valence-corrected chi connectivity index (χ1v) is 4.27. The fourth-order valence-electron chi connectivity index (χ4n) is 1.01. The van der Waals surface area contributed by atoms with Crippen LogP contribution in [0, 0.1) is 0 Å². The lowest BCUT2D eigenvalue weighted by atomic mass is 10.2. The second-order valence-electron chi connectivity index (χ2n) is 2.89. The molecule has 3 nitrogen and oxygen atoms in total. The molecular weight excluding hydrogens is 142 g/mol. The van der Waals surface area contributed by atoms with Gasteiger partial charge in [-0.2, -0.15) is 0 Å². The number of ether oxygens (including phenoxy) is 2. The fourth-order valence-corrected chi connectivity index (χ4v) is 1.01. The lowest BCUT2D eigenvalue weighted by Crippen LogP contribution is -2.50. The third-order valence-electron chi connectivity index (χ3n) is 1.73. The van der Waals surface area contributed by atoms with Gasteiger partial charge in [-0.1, -0.05) is 0 Å². The summed E-state index contributed by atoms with van der Waals surface area (Å²) in [6, 6.07) is 0. The van der Waals surface area contributed by atoms with Crippen LogP contribution in [0.25, 0.3) is 0 Å². The van der Waals surface area contributed by atoms with Gasteiger partial charge in [0.15, 0.2) is 0 Å². The summed E-state index contributed by atoms with van der Waals surface area (Å²) in [5.41, 5.74) is 0. The predicted octanol–water partition coefficient (Wildman–Crippen LogP) is 0.400. The van der Waals surface area contributed by atoms with Crippen LogP contribution in [-0.2, 0) is 9.47 Å². The van der Waals surface area contributed by atoms with Gasteiger partial charge in [0.25, 0.3) is 0 Å². The van der Waals surface area contributed by atoms with Gasteiger partial charge in [-0.3, -0.25) is 0 Å². The first-order chi connectivity index (χ1) is 5.33. The van der Waals surface area contributed by atoms with Crippen molar-refractivity contribution < 1.29 is 9.47 Å². The highest BCUT2D eigenvalue weighted by molar-refractivity contribution is 4.75. The molecular formula is C8H17NO2. The molecule has 1 rings (SSSR count). The van der Waals surface area contributed by atoms with E-state index in [9.17, 15) is 0 Å². The van der Waals surface area contributed by atoms with Crippen molar-refractivity contribution in [3.05, 3.63) is 0 Å². The SMILES string of the molecule is CCOCC(C)OC1CNC1. The first kappa shape index (κ1) is 8.97. The molecule has 0 saturated carbocycles. The summed E-state index contributed by atoms with van der Waals surface area (Å²) in [5.74, 6) is 0. The molecule has 1 N–H and O–H groups in total. The molecule has 0 aromatic carbocycles. The van der Waals surface area contributed by atoms with E-state index in [1.54, 1.807) is 0 Å². The Bertz CT molecular complexity index is 104. The van der Waals surface area contributed by atoms with Crippen LogP contribution in [0.1, 0.15) is 13.8 Å². The van der Waals surface area contributed by atoms with Crippen molar-refractivity contribution in [1.29, 1.82) is 0 Å². The van der Waals surface area contributed by atoms with E-state index in [2.05, 4.69) is 5.32 Å². The van der Waals surface area contributed by atoms with Crippen molar-refractivity contribution in [3.63, 3.8) is 0 Å². The van der Waals surface area contributed by atoms with Crippen LogP contribution in [-0.4, -0.2) is 38.5 Å². The van der Waals surface area contributed by atoms with Crippen LogP contribution < -0.4 is 5.32 Å². The quantitative estimate of drug-likeness (QED) is 0.630. The monoisotopic (exact) mass is 159 g/mol. The minimum atomic E-state index is 0.238. The Morgan fingerprint density at radius 2 is 2.27 bits per heavy atom.